The summed E-state index contributed by atoms with van der Waals surface area (Å²) in [6, 6.07) is 1.95. The Hall–Kier alpha value is -2.79. The normalized spacial score (nSPS) is 14.8. The monoisotopic (exact) mass is 482 g/mol. The Bertz CT molecular complexity index is 831. The molecule has 184 valence electrons. The lowest BCUT2D eigenvalue weighted by Gasteiger charge is -2.26. The quantitative estimate of drug-likeness (QED) is 0.206. The average molecular weight is 483 g/mol. The Kier molecular flexibility index (Phi) is 11.2. The molecule has 0 radical (unpaired) electrons. The lowest BCUT2D eigenvalue weighted by atomic mass is 10.0. The predicted octanol–water partition coefficient (Wildman–Crippen LogP) is 0.0428. The van der Waals surface area contributed by atoms with E-state index < -0.39 is 47.9 Å². The lowest BCUT2D eigenvalue weighted by Crippen LogP contribution is -2.59. The Morgan fingerprint density at radius 1 is 0.879 bits per heavy atom. The van der Waals surface area contributed by atoms with E-state index in [1.165, 1.54) is 12.1 Å². The van der Waals surface area contributed by atoms with E-state index in [1.807, 2.05) is 0 Å². The van der Waals surface area contributed by atoms with E-state index in [9.17, 15) is 29.4 Å². The number of thiol groups is 1. The van der Waals surface area contributed by atoms with E-state index >= 15 is 0 Å². The zero-order valence-corrected chi connectivity index (χ0v) is 20.1. The van der Waals surface area contributed by atoms with Gasteiger partial charge in [0.2, 0.25) is 17.7 Å². The lowest BCUT2D eigenvalue weighted by molar-refractivity contribution is -0.143. The number of rotatable bonds is 12. The van der Waals surface area contributed by atoms with Crippen molar-refractivity contribution in [2.45, 2.75) is 58.3 Å². The van der Waals surface area contributed by atoms with Gasteiger partial charge in [-0.1, -0.05) is 39.8 Å². The van der Waals surface area contributed by atoms with Crippen molar-refractivity contribution in [3.8, 4) is 5.75 Å². The van der Waals surface area contributed by atoms with Crippen LogP contribution in [0.25, 0.3) is 0 Å². The maximum Gasteiger partial charge on any atom is 0.326 e. The first-order valence-electron chi connectivity index (χ1n) is 10.7. The fourth-order valence-electron chi connectivity index (χ4n) is 2.88. The molecule has 1 aromatic rings. The minimum absolute atomic E-state index is 0.0514. The Labute approximate surface area is 199 Å². The van der Waals surface area contributed by atoms with Gasteiger partial charge in [-0.25, -0.2) is 4.79 Å². The molecule has 4 unspecified atom stereocenters. The molecule has 0 bridgehead atoms. The van der Waals surface area contributed by atoms with Crippen LogP contribution in [-0.2, 0) is 25.6 Å². The summed E-state index contributed by atoms with van der Waals surface area (Å²) in [6.07, 6.45) is 0.0767. The first-order chi connectivity index (χ1) is 15.4. The molecular weight excluding hydrogens is 448 g/mol. The number of carbonyl (C=O) groups is 4. The molecule has 1 aromatic carbocycles. The molecule has 0 spiro atoms. The van der Waals surface area contributed by atoms with Crippen LogP contribution in [0.15, 0.2) is 24.3 Å². The molecule has 4 atom stereocenters. The van der Waals surface area contributed by atoms with Crippen molar-refractivity contribution in [2.24, 2.45) is 17.6 Å². The first kappa shape index (κ1) is 28.2. The molecule has 10 nitrogen and oxygen atoms in total. The van der Waals surface area contributed by atoms with Crippen LogP contribution in [0, 0.1) is 11.8 Å². The van der Waals surface area contributed by atoms with Gasteiger partial charge in [0, 0.05) is 12.2 Å². The van der Waals surface area contributed by atoms with Crippen molar-refractivity contribution in [3.63, 3.8) is 0 Å². The molecule has 0 aliphatic carbocycles. The maximum absolute atomic E-state index is 13.0. The van der Waals surface area contributed by atoms with E-state index in [0.717, 1.165) is 0 Å². The summed E-state index contributed by atoms with van der Waals surface area (Å²) in [5.74, 6) is -3.65. The number of nitrogens with one attached hydrogen (secondary N) is 3. The predicted molar refractivity (Wildman–Crippen MR) is 127 cm³/mol. The van der Waals surface area contributed by atoms with Gasteiger partial charge in [0.05, 0.1) is 6.04 Å². The number of hydrogen-bond acceptors (Lipinski definition) is 7. The highest BCUT2D eigenvalue weighted by Gasteiger charge is 2.31. The number of phenolic OH excluding ortho intramolecular Hbond substituents is 1. The Morgan fingerprint density at radius 3 is 1.85 bits per heavy atom. The van der Waals surface area contributed by atoms with Gasteiger partial charge in [-0.15, -0.1) is 0 Å². The van der Waals surface area contributed by atoms with Gasteiger partial charge < -0.3 is 31.9 Å². The largest absolute Gasteiger partial charge is 0.508 e. The smallest absolute Gasteiger partial charge is 0.326 e. The van der Waals surface area contributed by atoms with Crippen LogP contribution in [0.1, 0.15) is 33.3 Å². The van der Waals surface area contributed by atoms with Gasteiger partial charge >= 0.3 is 5.97 Å². The van der Waals surface area contributed by atoms with Crippen molar-refractivity contribution in [1.82, 2.24) is 16.0 Å². The van der Waals surface area contributed by atoms with Crippen molar-refractivity contribution in [2.75, 3.05) is 5.75 Å². The van der Waals surface area contributed by atoms with Crippen LogP contribution in [0.2, 0.25) is 0 Å². The summed E-state index contributed by atoms with van der Waals surface area (Å²) in [5.41, 5.74) is 6.56. The molecular formula is C22H34N4O6S. The van der Waals surface area contributed by atoms with Crippen LogP contribution in [0.5, 0.6) is 5.75 Å². The van der Waals surface area contributed by atoms with Gasteiger partial charge in [-0.2, -0.15) is 12.6 Å². The number of hydrogen-bond donors (Lipinski definition) is 7. The zero-order valence-electron chi connectivity index (χ0n) is 19.2. The Morgan fingerprint density at radius 2 is 1.39 bits per heavy atom. The number of benzene rings is 1. The van der Waals surface area contributed by atoms with E-state index in [2.05, 4.69) is 28.6 Å². The number of nitrogens with two attached hydrogens (primary N) is 1. The minimum Gasteiger partial charge on any atom is -0.508 e. The molecule has 7 N–H and O–H groups in total. The molecule has 1 rings (SSSR count). The van der Waals surface area contributed by atoms with Crippen LogP contribution in [-0.4, -0.2) is 63.8 Å². The topological polar surface area (TPSA) is 171 Å². The molecule has 0 aliphatic rings. The van der Waals surface area contributed by atoms with Gasteiger partial charge in [0.15, 0.2) is 0 Å². The Balaban J connectivity index is 3.03. The number of carbonyl (C=O) groups excluding carboxylic acids is 3. The van der Waals surface area contributed by atoms with Gasteiger partial charge in [0.1, 0.15) is 23.9 Å². The standard InChI is InChI=1S/C22H34N4O6S/c1-11(2)17(23)21(30)24-15(9-13-5-7-14(27)8-6-13)19(28)25-16(10-33)20(29)26-18(12(3)4)22(31)32/h5-8,11-12,15-18,27,33H,9-10,23H2,1-4H3,(H,24,30)(H,25,28)(H,26,29)(H,31,32). The van der Waals surface area contributed by atoms with Crippen LogP contribution < -0.4 is 21.7 Å². The van der Waals surface area contributed by atoms with E-state index in [1.54, 1.807) is 39.8 Å². The minimum atomic E-state index is -1.19. The summed E-state index contributed by atoms with van der Waals surface area (Å²) in [6.45, 7) is 6.84. The molecule has 33 heavy (non-hydrogen) atoms. The number of aliphatic carboxylic acids is 1. The van der Waals surface area contributed by atoms with Gasteiger partial charge in [-0.05, 0) is 29.5 Å². The fourth-order valence-corrected chi connectivity index (χ4v) is 3.14. The second kappa shape index (κ2) is 13.0. The number of carboxylic acid groups (broad SMARTS) is 1. The van der Waals surface area contributed by atoms with Crippen molar-refractivity contribution in [1.29, 1.82) is 0 Å². The highest BCUT2D eigenvalue weighted by molar-refractivity contribution is 7.80. The molecule has 11 heteroatoms. The maximum atomic E-state index is 13.0. The van der Waals surface area contributed by atoms with Gasteiger partial charge in [-0.3, -0.25) is 14.4 Å². The highest BCUT2D eigenvalue weighted by atomic mass is 32.1. The van der Waals surface area contributed by atoms with Crippen molar-refractivity contribution in [3.05, 3.63) is 29.8 Å². The van der Waals surface area contributed by atoms with E-state index in [4.69, 9.17) is 5.73 Å². The molecule has 0 heterocycles. The summed E-state index contributed by atoms with van der Waals surface area (Å²) < 4.78 is 0. The molecule has 0 saturated heterocycles. The molecule has 0 saturated carbocycles. The van der Waals surface area contributed by atoms with Crippen LogP contribution in [0.3, 0.4) is 0 Å². The van der Waals surface area contributed by atoms with E-state index in [-0.39, 0.29) is 29.8 Å². The first-order valence-corrected chi connectivity index (χ1v) is 11.3. The molecule has 0 aliphatic heterocycles. The summed E-state index contributed by atoms with van der Waals surface area (Å²) in [7, 11) is 0. The molecule has 3 amide bonds. The number of amides is 3. The SMILES string of the molecule is CC(C)C(N)C(=O)NC(Cc1ccc(O)cc1)C(=O)NC(CS)C(=O)NC(C(=O)O)C(C)C. The van der Waals surface area contributed by atoms with Crippen LogP contribution >= 0.6 is 12.6 Å². The number of aromatic hydroxyl groups is 1. The number of carboxylic acids is 1. The third-order valence-corrected chi connectivity index (χ3v) is 5.44. The van der Waals surface area contributed by atoms with Crippen molar-refractivity contribution >= 4 is 36.3 Å². The highest BCUT2D eigenvalue weighted by Crippen LogP contribution is 2.12. The van der Waals surface area contributed by atoms with Gasteiger partial charge in [0.25, 0.3) is 0 Å². The summed E-state index contributed by atoms with van der Waals surface area (Å²) in [4.78, 5) is 49.5. The second-order valence-corrected chi connectivity index (χ2v) is 8.88. The second-order valence-electron chi connectivity index (χ2n) is 8.51. The van der Waals surface area contributed by atoms with Crippen LogP contribution in [0.4, 0.5) is 0 Å². The number of phenols is 1. The molecule has 0 aromatic heterocycles. The van der Waals surface area contributed by atoms with E-state index in [0.29, 0.717) is 5.56 Å². The third kappa shape index (κ3) is 8.93. The zero-order chi connectivity index (χ0) is 25.3. The third-order valence-electron chi connectivity index (χ3n) is 5.08. The van der Waals surface area contributed by atoms with Crippen molar-refractivity contribution < 1.29 is 29.4 Å². The summed E-state index contributed by atoms with van der Waals surface area (Å²) >= 11 is 4.11. The molecule has 0 fully saturated rings. The fraction of sp³-hybridized carbons (Fsp3) is 0.545. The average Bonchev–Trinajstić information content (AvgIpc) is 2.75. The summed E-state index contributed by atoms with van der Waals surface area (Å²) in [5, 5.41) is 26.3.